The Kier molecular flexibility index (Phi) is 5.91. The minimum Gasteiger partial charge on any atom is -0.459 e. The highest BCUT2D eigenvalue weighted by Crippen LogP contribution is 2.07. The maximum Gasteiger partial charge on any atom is 0.323 e. The minimum atomic E-state index is -3.63. The largest absolute Gasteiger partial charge is 0.459 e. The summed E-state index contributed by atoms with van der Waals surface area (Å²) < 4.78 is 34.5. The maximum atomic E-state index is 11.3. The van der Waals surface area contributed by atoms with E-state index >= 15 is 0 Å². The van der Waals surface area contributed by atoms with Crippen LogP contribution in [0.3, 0.4) is 0 Å². The highest BCUT2D eigenvalue weighted by molar-refractivity contribution is 7.90. The van der Waals surface area contributed by atoms with Crippen LogP contribution in [-0.4, -0.2) is 46.0 Å². The van der Waals surface area contributed by atoms with Gasteiger partial charge in [0.05, 0.1) is 6.61 Å². The van der Waals surface area contributed by atoms with Gasteiger partial charge in [-0.05, 0) is 20.8 Å². The summed E-state index contributed by atoms with van der Waals surface area (Å²) in [7, 11) is -2.17. The Hall–Kier alpha value is -0.660. The van der Waals surface area contributed by atoms with E-state index in [2.05, 4.69) is 9.46 Å². The van der Waals surface area contributed by atoms with Crippen molar-refractivity contribution in [2.24, 2.45) is 0 Å². The topological polar surface area (TPSA) is 81.7 Å². The van der Waals surface area contributed by atoms with Gasteiger partial charge in [-0.1, -0.05) is 0 Å². The molecule has 6 nitrogen and oxygen atoms in total. The first-order chi connectivity index (χ1) is 7.16. The van der Waals surface area contributed by atoms with Crippen LogP contribution in [0.15, 0.2) is 0 Å². The third-order valence-electron chi connectivity index (χ3n) is 1.36. The standard InChI is InChI=1S/C9H19NO5S/c1-9(2,3)15-8(11)7-16(12,13)10-5-6-14-4/h10H,5-7H2,1-4H3. The summed E-state index contributed by atoms with van der Waals surface area (Å²) in [6, 6.07) is 0. The van der Waals surface area contributed by atoms with Crippen molar-refractivity contribution in [3.63, 3.8) is 0 Å². The SMILES string of the molecule is COCCNS(=O)(=O)CC(=O)OC(C)(C)C. The lowest BCUT2D eigenvalue weighted by atomic mass is 10.2. The number of nitrogens with one attached hydrogen (secondary N) is 1. The predicted molar refractivity (Wildman–Crippen MR) is 59.5 cm³/mol. The molecule has 0 fully saturated rings. The van der Waals surface area contributed by atoms with Crippen LogP contribution >= 0.6 is 0 Å². The van der Waals surface area contributed by atoms with E-state index in [4.69, 9.17) is 4.74 Å². The number of hydrogen-bond acceptors (Lipinski definition) is 5. The molecule has 0 saturated carbocycles. The molecule has 1 N–H and O–H groups in total. The van der Waals surface area contributed by atoms with Gasteiger partial charge in [0.25, 0.3) is 0 Å². The summed E-state index contributed by atoms with van der Waals surface area (Å²) >= 11 is 0. The van der Waals surface area contributed by atoms with E-state index in [9.17, 15) is 13.2 Å². The van der Waals surface area contributed by atoms with Gasteiger partial charge in [0.2, 0.25) is 10.0 Å². The normalized spacial score (nSPS) is 12.5. The van der Waals surface area contributed by atoms with Crippen LogP contribution in [0.4, 0.5) is 0 Å². The van der Waals surface area contributed by atoms with Crippen molar-refractivity contribution in [2.45, 2.75) is 26.4 Å². The van der Waals surface area contributed by atoms with Crippen molar-refractivity contribution in [1.82, 2.24) is 4.72 Å². The van der Waals surface area contributed by atoms with Gasteiger partial charge < -0.3 is 9.47 Å². The Morgan fingerprint density at radius 1 is 1.31 bits per heavy atom. The molecule has 0 spiro atoms. The molecular weight excluding hydrogens is 234 g/mol. The Bertz CT molecular complexity index is 317. The average molecular weight is 253 g/mol. The number of ether oxygens (including phenoxy) is 2. The molecule has 0 rings (SSSR count). The van der Waals surface area contributed by atoms with Gasteiger partial charge in [0, 0.05) is 13.7 Å². The van der Waals surface area contributed by atoms with Crippen molar-refractivity contribution >= 4 is 16.0 Å². The number of carbonyl (C=O) groups excluding carboxylic acids is 1. The Balaban J connectivity index is 4.11. The van der Waals surface area contributed by atoms with Crippen molar-refractivity contribution in [3.05, 3.63) is 0 Å². The molecule has 0 aliphatic carbocycles. The number of sulfonamides is 1. The molecule has 0 radical (unpaired) electrons. The molecular formula is C9H19NO5S. The predicted octanol–water partition coefficient (Wildman–Crippen LogP) is -0.106. The molecule has 0 aromatic carbocycles. The van der Waals surface area contributed by atoms with E-state index in [1.807, 2.05) is 0 Å². The van der Waals surface area contributed by atoms with Crippen LogP contribution in [-0.2, 0) is 24.3 Å². The zero-order valence-corrected chi connectivity index (χ0v) is 10.9. The highest BCUT2D eigenvalue weighted by atomic mass is 32.2. The van der Waals surface area contributed by atoms with E-state index < -0.39 is 27.3 Å². The third kappa shape index (κ3) is 8.63. The molecule has 0 aromatic rings. The Labute approximate surface area is 96.4 Å². The lowest BCUT2D eigenvalue weighted by Gasteiger charge is -2.19. The first-order valence-electron chi connectivity index (χ1n) is 4.84. The van der Waals surface area contributed by atoms with Gasteiger partial charge in [0.1, 0.15) is 5.60 Å². The monoisotopic (exact) mass is 253 g/mol. The highest BCUT2D eigenvalue weighted by Gasteiger charge is 2.22. The number of methoxy groups -OCH3 is 1. The third-order valence-corrected chi connectivity index (χ3v) is 2.62. The number of esters is 1. The lowest BCUT2D eigenvalue weighted by molar-refractivity contribution is -0.151. The zero-order valence-electron chi connectivity index (χ0n) is 10.1. The molecule has 0 aliphatic rings. The Morgan fingerprint density at radius 3 is 2.31 bits per heavy atom. The summed E-state index contributed by atoms with van der Waals surface area (Å²) in [5.74, 6) is -1.44. The molecule has 7 heteroatoms. The fraction of sp³-hybridized carbons (Fsp3) is 0.889. The summed E-state index contributed by atoms with van der Waals surface area (Å²) in [6.45, 7) is 5.43. The first kappa shape index (κ1) is 15.3. The molecule has 96 valence electrons. The van der Waals surface area contributed by atoms with E-state index in [0.717, 1.165) is 0 Å². The van der Waals surface area contributed by atoms with E-state index in [1.165, 1.54) is 7.11 Å². The van der Waals surface area contributed by atoms with Crippen LogP contribution < -0.4 is 4.72 Å². The molecule has 0 heterocycles. The Morgan fingerprint density at radius 2 is 1.88 bits per heavy atom. The molecule has 0 aliphatic heterocycles. The smallest absolute Gasteiger partial charge is 0.323 e. The van der Waals surface area contributed by atoms with Gasteiger partial charge >= 0.3 is 5.97 Å². The summed E-state index contributed by atoms with van der Waals surface area (Å²) in [5, 5.41) is 0. The fourth-order valence-corrected chi connectivity index (χ4v) is 1.74. The van der Waals surface area contributed by atoms with Crippen LogP contribution in [0.1, 0.15) is 20.8 Å². The van der Waals surface area contributed by atoms with Gasteiger partial charge in [-0.15, -0.1) is 0 Å². The number of carbonyl (C=O) groups is 1. The van der Waals surface area contributed by atoms with Crippen molar-refractivity contribution in [1.29, 1.82) is 0 Å². The molecule has 0 saturated heterocycles. The number of rotatable bonds is 6. The molecule has 0 amide bonds. The van der Waals surface area contributed by atoms with E-state index in [-0.39, 0.29) is 13.2 Å². The minimum absolute atomic E-state index is 0.141. The van der Waals surface area contributed by atoms with Crippen molar-refractivity contribution in [2.75, 3.05) is 26.0 Å². The molecule has 0 aromatic heterocycles. The van der Waals surface area contributed by atoms with Crippen LogP contribution in [0.5, 0.6) is 0 Å². The quantitative estimate of drug-likeness (QED) is 0.528. The molecule has 16 heavy (non-hydrogen) atoms. The average Bonchev–Trinajstić information content (AvgIpc) is 1.98. The number of hydrogen-bond donors (Lipinski definition) is 1. The van der Waals surface area contributed by atoms with Gasteiger partial charge in [-0.3, -0.25) is 4.79 Å². The second-order valence-electron chi connectivity index (χ2n) is 4.23. The van der Waals surface area contributed by atoms with Crippen LogP contribution in [0, 0.1) is 0 Å². The lowest BCUT2D eigenvalue weighted by Crippen LogP contribution is -2.35. The summed E-state index contributed by atoms with van der Waals surface area (Å²) in [5.41, 5.74) is -0.681. The van der Waals surface area contributed by atoms with Gasteiger partial charge in [-0.2, -0.15) is 0 Å². The van der Waals surface area contributed by atoms with Crippen molar-refractivity contribution in [3.8, 4) is 0 Å². The van der Waals surface area contributed by atoms with E-state index in [1.54, 1.807) is 20.8 Å². The van der Waals surface area contributed by atoms with E-state index in [0.29, 0.717) is 0 Å². The fourth-order valence-electron chi connectivity index (χ4n) is 0.876. The second-order valence-corrected chi connectivity index (χ2v) is 6.04. The summed E-state index contributed by atoms with van der Waals surface area (Å²) in [4.78, 5) is 11.2. The van der Waals surface area contributed by atoms with Gasteiger partial charge in [0.15, 0.2) is 5.75 Å². The maximum absolute atomic E-state index is 11.3. The van der Waals surface area contributed by atoms with Crippen LogP contribution in [0.2, 0.25) is 0 Å². The second kappa shape index (κ2) is 6.17. The van der Waals surface area contributed by atoms with Gasteiger partial charge in [-0.25, -0.2) is 13.1 Å². The molecule has 0 atom stereocenters. The summed E-state index contributed by atoms with van der Waals surface area (Å²) in [6.07, 6.45) is 0. The molecule has 0 bridgehead atoms. The van der Waals surface area contributed by atoms with Crippen LogP contribution in [0.25, 0.3) is 0 Å². The molecule has 0 unspecified atom stereocenters. The van der Waals surface area contributed by atoms with Crippen molar-refractivity contribution < 1.29 is 22.7 Å². The first-order valence-corrected chi connectivity index (χ1v) is 6.49. The zero-order chi connectivity index (χ0) is 12.8.